The molecule has 0 aliphatic carbocycles. The van der Waals surface area contributed by atoms with Crippen LogP contribution in [-0.4, -0.2) is 34.7 Å². The molecule has 2 aromatic rings. The maximum absolute atomic E-state index is 6.03. The van der Waals surface area contributed by atoms with Gasteiger partial charge in [0.25, 0.3) is 0 Å². The SMILES string of the molecule is CC(C)c1noc(C(C)N2C[C@@H](CN)[C@H](c3ccccc3)C2)n1.Cl. The molecule has 2 heterocycles. The van der Waals surface area contributed by atoms with Gasteiger partial charge in [0.05, 0.1) is 6.04 Å². The fraction of sp³-hybridized carbons (Fsp3) is 0.556. The highest BCUT2D eigenvalue weighted by Crippen LogP contribution is 2.36. The quantitative estimate of drug-likeness (QED) is 0.895. The van der Waals surface area contributed by atoms with Crippen LogP contribution in [0.4, 0.5) is 0 Å². The number of halogens is 1. The van der Waals surface area contributed by atoms with Crippen molar-refractivity contribution in [2.45, 2.75) is 38.6 Å². The maximum atomic E-state index is 6.03. The summed E-state index contributed by atoms with van der Waals surface area (Å²) in [5.41, 5.74) is 7.40. The zero-order valence-corrected chi connectivity index (χ0v) is 15.4. The third-order valence-electron chi connectivity index (χ3n) is 4.88. The Morgan fingerprint density at radius 2 is 1.92 bits per heavy atom. The normalized spacial score (nSPS) is 22.5. The Hall–Kier alpha value is -1.43. The number of nitrogens with two attached hydrogens (primary N) is 1. The first-order chi connectivity index (χ1) is 11.1. The fourth-order valence-corrected chi connectivity index (χ4v) is 3.35. The van der Waals surface area contributed by atoms with Crippen molar-refractivity contribution >= 4 is 12.4 Å². The number of benzene rings is 1. The highest BCUT2D eigenvalue weighted by molar-refractivity contribution is 5.85. The molecule has 1 fully saturated rings. The highest BCUT2D eigenvalue weighted by atomic mass is 35.5. The molecule has 0 radical (unpaired) electrons. The van der Waals surface area contributed by atoms with Crippen LogP contribution in [0.25, 0.3) is 0 Å². The maximum Gasteiger partial charge on any atom is 0.243 e. The number of hydrogen-bond acceptors (Lipinski definition) is 5. The summed E-state index contributed by atoms with van der Waals surface area (Å²) in [6, 6.07) is 10.8. The van der Waals surface area contributed by atoms with Crippen LogP contribution < -0.4 is 5.73 Å². The van der Waals surface area contributed by atoms with E-state index in [9.17, 15) is 0 Å². The van der Waals surface area contributed by atoms with Gasteiger partial charge in [-0.1, -0.05) is 49.3 Å². The summed E-state index contributed by atoms with van der Waals surface area (Å²) in [6.45, 7) is 8.93. The lowest BCUT2D eigenvalue weighted by atomic mass is 9.89. The average molecular weight is 351 g/mol. The molecule has 0 saturated carbocycles. The van der Waals surface area contributed by atoms with Gasteiger partial charge in [-0.05, 0) is 24.9 Å². The van der Waals surface area contributed by atoms with Crippen molar-refractivity contribution in [1.82, 2.24) is 15.0 Å². The van der Waals surface area contributed by atoms with Crippen molar-refractivity contribution in [3.05, 3.63) is 47.6 Å². The van der Waals surface area contributed by atoms with Crippen LogP contribution in [0, 0.1) is 5.92 Å². The third kappa shape index (κ3) is 3.79. The smallest absolute Gasteiger partial charge is 0.243 e. The summed E-state index contributed by atoms with van der Waals surface area (Å²) >= 11 is 0. The van der Waals surface area contributed by atoms with E-state index in [4.69, 9.17) is 10.3 Å². The van der Waals surface area contributed by atoms with E-state index in [1.807, 2.05) is 0 Å². The molecule has 2 N–H and O–H groups in total. The topological polar surface area (TPSA) is 68.2 Å². The first-order valence-corrected chi connectivity index (χ1v) is 8.42. The monoisotopic (exact) mass is 350 g/mol. The molecule has 0 amide bonds. The predicted octanol–water partition coefficient (Wildman–Crippen LogP) is 3.35. The van der Waals surface area contributed by atoms with Crippen LogP contribution >= 0.6 is 12.4 Å². The van der Waals surface area contributed by atoms with Crippen LogP contribution in [0.2, 0.25) is 0 Å². The number of nitrogens with zero attached hydrogens (tertiary/aromatic N) is 3. The van der Waals surface area contributed by atoms with Gasteiger partial charge in [-0.3, -0.25) is 4.90 Å². The second kappa shape index (κ2) is 8.10. The summed E-state index contributed by atoms with van der Waals surface area (Å²) in [5.74, 6) is 2.70. The van der Waals surface area contributed by atoms with E-state index < -0.39 is 0 Å². The molecular weight excluding hydrogens is 324 g/mol. The Kier molecular flexibility index (Phi) is 6.38. The lowest BCUT2D eigenvalue weighted by Crippen LogP contribution is -2.26. The molecule has 1 aromatic carbocycles. The van der Waals surface area contributed by atoms with Gasteiger partial charge in [-0.2, -0.15) is 4.98 Å². The molecule has 6 heteroatoms. The first kappa shape index (κ1) is 18.9. The summed E-state index contributed by atoms with van der Waals surface area (Å²) in [4.78, 5) is 6.96. The van der Waals surface area contributed by atoms with Crippen LogP contribution in [0.5, 0.6) is 0 Å². The van der Waals surface area contributed by atoms with Crippen molar-refractivity contribution in [3.8, 4) is 0 Å². The number of rotatable bonds is 5. The van der Waals surface area contributed by atoms with Crippen molar-refractivity contribution in [2.75, 3.05) is 19.6 Å². The Morgan fingerprint density at radius 1 is 1.21 bits per heavy atom. The summed E-state index contributed by atoms with van der Waals surface area (Å²) < 4.78 is 5.48. The molecule has 0 bridgehead atoms. The Labute approximate surface area is 150 Å². The average Bonchev–Trinajstić information content (AvgIpc) is 3.22. The number of aromatic nitrogens is 2. The number of likely N-dealkylation sites (tertiary alicyclic amines) is 1. The molecule has 24 heavy (non-hydrogen) atoms. The van der Waals surface area contributed by atoms with Crippen molar-refractivity contribution in [1.29, 1.82) is 0 Å². The molecule has 0 spiro atoms. The lowest BCUT2D eigenvalue weighted by Gasteiger charge is -2.21. The van der Waals surface area contributed by atoms with E-state index in [-0.39, 0.29) is 24.4 Å². The highest BCUT2D eigenvalue weighted by Gasteiger charge is 2.36. The van der Waals surface area contributed by atoms with Crippen LogP contribution in [-0.2, 0) is 0 Å². The summed E-state index contributed by atoms with van der Waals surface area (Å²) in [6.07, 6.45) is 0. The van der Waals surface area contributed by atoms with Crippen molar-refractivity contribution in [3.63, 3.8) is 0 Å². The first-order valence-electron chi connectivity index (χ1n) is 8.42. The molecule has 1 aromatic heterocycles. The lowest BCUT2D eigenvalue weighted by molar-refractivity contribution is 0.202. The standard InChI is InChI=1S/C18H26N4O.ClH/c1-12(2)17-20-18(23-21-17)13(3)22-10-15(9-19)16(11-22)14-7-5-4-6-8-14;/h4-8,12-13,15-16H,9-11,19H2,1-3H3;1H/t13?,15-,16+;/m1./s1. The molecule has 1 saturated heterocycles. The van der Waals surface area contributed by atoms with E-state index >= 15 is 0 Å². The number of hydrogen-bond donors (Lipinski definition) is 1. The Bertz CT molecular complexity index is 631. The zero-order chi connectivity index (χ0) is 16.4. The van der Waals surface area contributed by atoms with E-state index in [1.54, 1.807) is 0 Å². The van der Waals surface area contributed by atoms with E-state index in [0.29, 0.717) is 24.3 Å². The van der Waals surface area contributed by atoms with Gasteiger partial charge in [0.15, 0.2) is 5.82 Å². The van der Waals surface area contributed by atoms with Gasteiger partial charge in [0.1, 0.15) is 0 Å². The van der Waals surface area contributed by atoms with Gasteiger partial charge in [0.2, 0.25) is 5.89 Å². The predicted molar refractivity (Wildman–Crippen MR) is 97.4 cm³/mol. The minimum Gasteiger partial charge on any atom is -0.338 e. The molecule has 3 atom stereocenters. The van der Waals surface area contributed by atoms with Gasteiger partial charge in [-0.15, -0.1) is 12.4 Å². The van der Waals surface area contributed by atoms with Crippen LogP contribution in [0.3, 0.4) is 0 Å². The van der Waals surface area contributed by atoms with Gasteiger partial charge in [0, 0.05) is 24.9 Å². The Morgan fingerprint density at radius 3 is 2.50 bits per heavy atom. The molecule has 3 rings (SSSR count). The summed E-state index contributed by atoms with van der Waals surface area (Å²) in [5, 5.41) is 4.09. The van der Waals surface area contributed by atoms with E-state index in [2.05, 4.69) is 66.1 Å². The molecule has 132 valence electrons. The molecule has 1 aliphatic rings. The largest absolute Gasteiger partial charge is 0.338 e. The van der Waals surface area contributed by atoms with Crippen molar-refractivity contribution in [2.24, 2.45) is 11.7 Å². The minimum atomic E-state index is 0. The van der Waals surface area contributed by atoms with Crippen molar-refractivity contribution < 1.29 is 4.52 Å². The molecule has 1 aliphatic heterocycles. The van der Waals surface area contributed by atoms with E-state index in [1.165, 1.54) is 5.56 Å². The second-order valence-corrected chi connectivity index (χ2v) is 6.79. The molecule has 1 unspecified atom stereocenters. The summed E-state index contributed by atoms with van der Waals surface area (Å²) in [7, 11) is 0. The van der Waals surface area contributed by atoms with E-state index in [0.717, 1.165) is 18.9 Å². The zero-order valence-electron chi connectivity index (χ0n) is 14.6. The van der Waals surface area contributed by atoms with Gasteiger partial charge >= 0.3 is 0 Å². The van der Waals surface area contributed by atoms with Crippen LogP contribution in [0.1, 0.15) is 55.9 Å². The van der Waals surface area contributed by atoms with Gasteiger partial charge < -0.3 is 10.3 Å². The third-order valence-corrected chi connectivity index (χ3v) is 4.88. The Balaban J connectivity index is 0.00000208. The molecule has 5 nitrogen and oxygen atoms in total. The van der Waals surface area contributed by atoms with Gasteiger partial charge in [-0.25, -0.2) is 0 Å². The van der Waals surface area contributed by atoms with Crippen LogP contribution in [0.15, 0.2) is 34.9 Å². The second-order valence-electron chi connectivity index (χ2n) is 6.79. The fourth-order valence-electron chi connectivity index (χ4n) is 3.35. The minimum absolute atomic E-state index is 0. The molecular formula is C18H27ClN4O.